The molecule has 1 aromatic rings. The highest BCUT2D eigenvalue weighted by atomic mass is 16.6. The Morgan fingerprint density at radius 2 is 1.70 bits per heavy atom. The predicted molar refractivity (Wildman–Crippen MR) is 92.2 cm³/mol. The van der Waals surface area contributed by atoms with Gasteiger partial charge < -0.3 is 19.3 Å². The molecule has 5 heteroatoms. The molecule has 0 aromatic heterocycles. The SMILES string of the molecule is CN(C)c1ccc(OC2CCN(C(=O)OC(C)(C)C)CC2)cc1. The summed E-state index contributed by atoms with van der Waals surface area (Å²) < 4.78 is 11.4. The average molecular weight is 320 g/mol. The first-order valence-electron chi connectivity index (χ1n) is 8.16. The van der Waals surface area contributed by atoms with E-state index in [2.05, 4.69) is 4.90 Å². The zero-order chi connectivity index (χ0) is 17.0. The number of ether oxygens (including phenoxy) is 2. The average Bonchev–Trinajstić information content (AvgIpc) is 2.46. The summed E-state index contributed by atoms with van der Waals surface area (Å²) in [6.07, 6.45) is 1.58. The van der Waals surface area contributed by atoms with E-state index < -0.39 is 5.60 Å². The van der Waals surface area contributed by atoms with E-state index in [0.717, 1.165) is 24.3 Å². The van der Waals surface area contributed by atoms with Gasteiger partial charge in [0.15, 0.2) is 0 Å². The first kappa shape index (κ1) is 17.4. The summed E-state index contributed by atoms with van der Waals surface area (Å²) in [5, 5.41) is 0. The highest BCUT2D eigenvalue weighted by molar-refractivity contribution is 5.68. The Morgan fingerprint density at radius 3 is 2.17 bits per heavy atom. The number of rotatable bonds is 3. The summed E-state index contributed by atoms with van der Waals surface area (Å²) in [5.74, 6) is 0.881. The van der Waals surface area contributed by atoms with Crippen molar-refractivity contribution in [2.24, 2.45) is 0 Å². The van der Waals surface area contributed by atoms with Crippen LogP contribution in [0, 0.1) is 0 Å². The van der Waals surface area contributed by atoms with Crippen LogP contribution in [0.25, 0.3) is 0 Å². The second-order valence-electron chi connectivity index (χ2n) is 7.17. The van der Waals surface area contributed by atoms with Crippen LogP contribution in [0.4, 0.5) is 10.5 Å². The van der Waals surface area contributed by atoms with Gasteiger partial charge in [0.05, 0.1) is 0 Å². The van der Waals surface area contributed by atoms with Gasteiger partial charge >= 0.3 is 6.09 Å². The molecule has 0 N–H and O–H groups in total. The smallest absolute Gasteiger partial charge is 0.410 e. The van der Waals surface area contributed by atoms with Crippen LogP contribution in [0.15, 0.2) is 24.3 Å². The Balaban J connectivity index is 1.81. The van der Waals surface area contributed by atoms with Crippen LogP contribution in [0.3, 0.4) is 0 Å². The molecule has 0 unspecified atom stereocenters. The zero-order valence-electron chi connectivity index (χ0n) is 14.8. The van der Waals surface area contributed by atoms with Crippen LogP contribution in [0.5, 0.6) is 5.75 Å². The summed E-state index contributed by atoms with van der Waals surface area (Å²) in [7, 11) is 4.03. The van der Waals surface area contributed by atoms with E-state index in [9.17, 15) is 4.79 Å². The first-order chi connectivity index (χ1) is 10.7. The fourth-order valence-corrected chi connectivity index (χ4v) is 2.50. The van der Waals surface area contributed by atoms with Gasteiger partial charge in [0.25, 0.3) is 0 Å². The maximum atomic E-state index is 12.0. The minimum Gasteiger partial charge on any atom is -0.490 e. The quantitative estimate of drug-likeness (QED) is 0.854. The molecular formula is C18H28N2O3. The molecule has 5 nitrogen and oxygen atoms in total. The molecule has 1 saturated heterocycles. The number of amides is 1. The van der Waals surface area contributed by atoms with E-state index in [1.54, 1.807) is 4.90 Å². The minimum atomic E-state index is -0.446. The number of piperidine rings is 1. The van der Waals surface area contributed by atoms with E-state index in [4.69, 9.17) is 9.47 Å². The van der Waals surface area contributed by atoms with Crippen molar-refractivity contribution < 1.29 is 14.3 Å². The van der Waals surface area contributed by atoms with Gasteiger partial charge in [-0.2, -0.15) is 0 Å². The summed E-state index contributed by atoms with van der Waals surface area (Å²) in [6.45, 7) is 7.01. The molecule has 0 spiro atoms. The Labute approximate surface area is 139 Å². The molecule has 128 valence electrons. The van der Waals surface area contributed by atoms with Gasteiger partial charge in [0.2, 0.25) is 0 Å². The molecule has 1 amide bonds. The van der Waals surface area contributed by atoms with E-state index in [-0.39, 0.29) is 12.2 Å². The number of nitrogens with zero attached hydrogens (tertiary/aromatic N) is 2. The number of carbonyl (C=O) groups is 1. The lowest BCUT2D eigenvalue weighted by Crippen LogP contribution is -2.44. The zero-order valence-corrected chi connectivity index (χ0v) is 14.8. The fraction of sp³-hybridized carbons (Fsp3) is 0.611. The fourth-order valence-electron chi connectivity index (χ4n) is 2.50. The largest absolute Gasteiger partial charge is 0.490 e. The van der Waals surface area contributed by atoms with Crippen LogP contribution >= 0.6 is 0 Å². The third-order valence-corrected chi connectivity index (χ3v) is 3.75. The van der Waals surface area contributed by atoms with E-state index in [1.165, 1.54) is 0 Å². The van der Waals surface area contributed by atoms with Crippen molar-refractivity contribution in [2.45, 2.75) is 45.3 Å². The van der Waals surface area contributed by atoms with Crippen molar-refractivity contribution in [3.63, 3.8) is 0 Å². The van der Waals surface area contributed by atoms with E-state index in [0.29, 0.717) is 13.1 Å². The van der Waals surface area contributed by atoms with Gasteiger partial charge in [-0.1, -0.05) is 0 Å². The Bertz CT molecular complexity index is 512. The molecule has 0 radical (unpaired) electrons. The van der Waals surface area contributed by atoms with Crippen molar-refractivity contribution in [3.8, 4) is 5.75 Å². The van der Waals surface area contributed by atoms with Gasteiger partial charge in [0.1, 0.15) is 17.5 Å². The normalized spacial score (nSPS) is 16.1. The molecule has 0 saturated carbocycles. The van der Waals surface area contributed by atoms with Crippen molar-refractivity contribution >= 4 is 11.8 Å². The summed E-state index contributed by atoms with van der Waals surface area (Å²) >= 11 is 0. The van der Waals surface area contributed by atoms with Crippen molar-refractivity contribution in [1.82, 2.24) is 4.90 Å². The number of carbonyl (C=O) groups excluding carboxylic acids is 1. The Kier molecular flexibility index (Phi) is 5.39. The monoisotopic (exact) mass is 320 g/mol. The highest BCUT2D eigenvalue weighted by Crippen LogP contribution is 2.22. The number of anilines is 1. The maximum Gasteiger partial charge on any atom is 0.410 e. The standard InChI is InChI=1S/C18H28N2O3/c1-18(2,3)23-17(21)20-12-10-16(11-13-20)22-15-8-6-14(7-9-15)19(4)5/h6-9,16H,10-13H2,1-5H3. The maximum absolute atomic E-state index is 12.0. The number of hydrogen-bond acceptors (Lipinski definition) is 4. The summed E-state index contributed by atoms with van der Waals surface area (Å²) in [5.41, 5.74) is 0.704. The molecule has 0 atom stereocenters. The molecule has 2 rings (SSSR count). The molecule has 1 heterocycles. The molecule has 1 fully saturated rings. The number of hydrogen-bond donors (Lipinski definition) is 0. The lowest BCUT2D eigenvalue weighted by molar-refractivity contribution is 0.0126. The van der Waals surface area contributed by atoms with Crippen LogP contribution in [0.1, 0.15) is 33.6 Å². The molecule has 0 bridgehead atoms. The van der Waals surface area contributed by atoms with Crippen LogP contribution < -0.4 is 9.64 Å². The first-order valence-corrected chi connectivity index (χ1v) is 8.16. The molecule has 1 aliphatic heterocycles. The molecule has 23 heavy (non-hydrogen) atoms. The summed E-state index contributed by atoms with van der Waals surface area (Å²) in [6, 6.07) is 8.08. The Morgan fingerprint density at radius 1 is 1.13 bits per heavy atom. The Hall–Kier alpha value is -1.91. The molecule has 1 aliphatic rings. The third kappa shape index (κ3) is 5.34. The van der Waals surface area contributed by atoms with Crippen molar-refractivity contribution in [2.75, 3.05) is 32.1 Å². The highest BCUT2D eigenvalue weighted by Gasteiger charge is 2.27. The van der Waals surface area contributed by atoms with Crippen molar-refractivity contribution in [3.05, 3.63) is 24.3 Å². The topological polar surface area (TPSA) is 42.0 Å². The number of likely N-dealkylation sites (tertiary alicyclic amines) is 1. The van der Waals surface area contributed by atoms with Crippen LogP contribution in [0.2, 0.25) is 0 Å². The van der Waals surface area contributed by atoms with Gasteiger partial charge in [-0.25, -0.2) is 4.79 Å². The number of benzene rings is 1. The lowest BCUT2D eigenvalue weighted by atomic mass is 10.1. The van der Waals surface area contributed by atoms with Gasteiger partial charge in [0, 0.05) is 45.7 Å². The van der Waals surface area contributed by atoms with E-state index in [1.807, 2.05) is 59.1 Å². The minimum absolute atomic E-state index is 0.152. The molecule has 0 aliphatic carbocycles. The second kappa shape index (κ2) is 7.11. The third-order valence-electron chi connectivity index (χ3n) is 3.75. The molecule has 1 aromatic carbocycles. The van der Waals surface area contributed by atoms with Gasteiger partial charge in [-0.05, 0) is 45.0 Å². The van der Waals surface area contributed by atoms with Gasteiger partial charge in [-0.3, -0.25) is 0 Å². The molecular weight excluding hydrogens is 292 g/mol. The van der Waals surface area contributed by atoms with Crippen molar-refractivity contribution in [1.29, 1.82) is 0 Å². The van der Waals surface area contributed by atoms with Gasteiger partial charge in [-0.15, -0.1) is 0 Å². The van der Waals surface area contributed by atoms with Crippen LogP contribution in [-0.2, 0) is 4.74 Å². The predicted octanol–water partition coefficient (Wildman–Crippen LogP) is 3.53. The van der Waals surface area contributed by atoms with Crippen LogP contribution in [-0.4, -0.2) is 49.9 Å². The van der Waals surface area contributed by atoms with E-state index >= 15 is 0 Å². The lowest BCUT2D eigenvalue weighted by Gasteiger charge is -2.33. The second-order valence-corrected chi connectivity index (χ2v) is 7.17. The summed E-state index contributed by atoms with van der Waals surface area (Å²) in [4.78, 5) is 15.9.